The smallest absolute Gasteiger partial charge is 0.331 e. The summed E-state index contributed by atoms with van der Waals surface area (Å²) in [5.41, 5.74) is 0.351. The van der Waals surface area contributed by atoms with Gasteiger partial charge in [0.1, 0.15) is 0 Å². The van der Waals surface area contributed by atoms with Crippen LogP contribution in [0.2, 0.25) is 5.02 Å². The molecule has 22 heavy (non-hydrogen) atoms. The second-order valence-electron chi connectivity index (χ2n) is 4.20. The molecule has 0 spiro atoms. The highest BCUT2D eigenvalue weighted by Crippen LogP contribution is 2.30. The largest absolute Gasteiger partial charge is 0.466 e. The third-order valence-electron chi connectivity index (χ3n) is 2.74. The molecule has 0 radical (unpaired) electrons. The van der Waals surface area contributed by atoms with Crippen molar-refractivity contribution >= 4 is 46.3 Å². The molecule has 0 unspecified atom stereocenters. The molecule has 8 heteroatoms. The van der Waals surface area contributed by atoms with Crippen LogP contribution in [0.25, 0.3) is 0 Å². The van der Waals surface area contributed by atoms with Crippen LogP contribution in [0.3, 0.4) is 0 Å². The first-order valence-corrected chi connectivity index (χ1v) is 7.26. The first kappa shape index (κ1) is 16.3. The molecule has 2 rings (SSSR count). The van der Waals surface area contributed by atoms with E-state index in [0.717, 1.165) is 17.8 Å². The number of thioether (sulfide) groups is 1. The number of benzene rings is 1. The molecule has 0 bridgehead atoms. The number of amides is 2. The monoisotopic (exact) mass is 338 g/mol. The number of amidine groups is 1. The van der Waals surface area contributed by atoms with E-state index in [4.69, 9.17) is 11.6 Å². The molecule has 2 amide bonds. The van der Waals surface area contributed by atoms with Crippen LogP contribution in [-0.4, -0.2) is 42.0 Å². The predicted molar refractivity (Wildman–Crippen MR) is 83.7 cm³/mol. The van der Waals surface area contributed by atoms with Crippen molar-refractivity contribution in [1.29, 1.82) is 0 Å². The van der Waals surface area contributed by atoms with Crippen LogP contribution in [0.4, 0.5) is 0 Å². The van der Waals surface area contributed by atoms with Gasteiger partial charge in [-0.1, -0.05) is 11.6 Å². The van der Waals surface area contributed by atoms with Gasteiger partial charge in [-0.25, -0.2) is 4.79 Å². The Hall–Kier alpha value is -2.12. The van der Waals surface area contributed by atoms with Crippen molar-refractivity contribution in [2.75, 3.05) is 14.2 Å². The molecule has 1 aromatic carbocycles. The SMILES string of the molecule is COC(=O)/C=C1\SC(=NC(=O)c2ccc(Cl)cc2)N(C)C1=O. The van der Waals surface area contributed by atoms with E-state index in [9.17, 15) is 14.4 Å². The Balaban J connectivity index is 2.23. The van der Waals surface area contributed by atoms with E-state index in [2.05, 4.69) is 9.73 Å². The summed E-state index contributed by atoms with van der Waals surface area (Å²) in [6.45, 7) is 0. The van der Waals surface area contributed by atoms with Gasteiger partial charge in [0, 0.05) is 23.7 Å². The van der Waals surface area contributed by atoms with Crippen LogP contribution in [-0.2, 0) is 14.3 Å². The molecule has 0 aliphatic carbocycles. The van der Waals surface area contributed by atoms with Crippen molar-refractivity contribution in [3.05, 3.63) is 45.8 Å². The Bertz CT molecular complexity index is 697. The lowest BCUT2D eigenvalue weighted by Gasteiger charge is -2.06. The van der Waals surface area contributed by atoms with E-state index in [1.165, 1.54) is 19.1 Å². The number of ether oxygens (including phenoxy) is 1. The zero-order chi connectivity index (χ0) is 16.3. The van der Waals surface area contributed by atoms with Crippen molar-refractivity contribution in [3.8, 4) is 0 Å². The number of likely N-dealkylation sites (N-methyl/N-ethyl adjacent to an activating group) is 1. The van der Waals surface area contributed by atoms with E-state index >= 15 is 0 Å². The second kappa shape index (κ2) is 6.76. The van der Waals surface area contributed by atoms with Crippen LogP contribution in [0.15, 0.2) is 40.2 Å². The molecule has 1 heterocycles. The molecule has 1 aliphatic rings. The highest BCUT2D eigenvalue weighted by atomic mass is 35.5. The number of nitrogens with zero attached hydrogens (tertiary/aromatic N) is 2. The number of carbonyl (C=O) groups excluding carboxylic acids is 3. The summed E-state index contributed by atoms with van der Waals surface area (Å²) in [4.78, 5) is 40.5. The van der Waals surface area contributed by atoms with Crippen molar-refractivity contribution in [2.24, 2.45) is 4.99 Å². The normalized spacial score (nSPS) is 18.1. The Kier molecular flexibility index (Phi) is 4.99. The lowest BCUT2D eigenvalue weighted by atomic mass is 10.2. The van der Waals surface area contributed by atoms with E-state index in [1.54, 1.807) is 24.3 Å². The fourth-order valence-corrected chi connectivity index (χ4v) is 2.61. The summed E-state index contributed by atoms with van der Waals surface area (Å²) in [7, 11) is 2.69. The van der Waals surface area contributed by atoms with Crippen LogP contribution in [0.1, 0.15) is 10.4 Å². The van der Waals surface area contributed by atoms with Gasteiger partial charge < -0.3 is 4.74 Å². The van der Waals surface area contributed by atoms with E-state index < -0.39 is 17.8 Å². The van der Waals surface area contributed by atoms with Gasteiger partial charge in [0.25, 0.3) is 11.8 Å². The number of carbonyl (C=O) groups is 3. The van der Waals surface area contributed by atoms with Crippen LogP contribution >= 0.6 is 23.4 Å². The van der Waals surface area contributed by atoms with E-state index in [1.807, 2.05) is 0 Å². The Morgan fingerprint density at radius 1 is 1.32 bits per heavy atom. The summed E-state index contributed by atoms with van der Waals surface area (Å²) in [5.74, 6) is -1.56. The number of rotatable bonds is 2. The van der Waals surface area contributed by atoms with Gasteiger partial charge in [0.2, 0.25) is 0 Å². The zero-order valence-electron chi connectivity index (χ0n) is 11.7. The van der Waals surface area contributed by atoms with Crippen molar-refractivity contribution in [1.82, 2.24) is 4.90 Å². The molecule has 1 saturated heterocycles. The summed E-state index contributed by atoms with van der Waals surface area (Å²) >= 11 is 6.69. The maximum Gasteiger partial charge on any atom is 0.331 e. The van der Waals surface area contributed by atoms with Gasteiger partial charge in [-0.2, -0.15) is 4.99 Å². The number of methoxy groups -OCH3 is 1. The topological polar surface area (TPSA) is 76.0 Å². The first-order valence-electron chi connectivity index (χ1n) is 6.06. The lowest BCUT2D eigenvalue weighted by Crippen LogP contribution is -2.24. The number of aliphatic imine (C=N–C) groups is 1. The number of hydrogen-bond donors (Lipinski definition) is 0. The molecular weight excluding hydrogens is 328 g/mol. The van der Waals surface area contributed by atoms with Gasteiger partial charge in [-0.05, 0) is 36.0 Å². The first-order chi connectivity index (χ1) is 10.4. The maximum atomic E-state index is 12.1. The van der Waals surface area contributed by atoms with Crippen LogP contribution in [0.5, 0.6) is 0 Å². The summed E-state index contributed by atoms with van der Waals surface area (Å²) in [5, 5.41) is 0.704. The molecule has 6 nitrogen and oxygen atoms in total. The number of esters is 1. The quantitative estimate of drug-likeness (QED) is 0.609. The standard InChI is InChI=1S/C14H11ClN2O4S/c1-17-13(20)10(7-11(18)21-2)22-14(17)16-12(19)8-3-5-9(15)6-4-8/h3-7H,1-2H3/b10-7-,16-14?. The molecule has 0 atom stereocenters. The summed E-state index contributed by atoms with van der Waals surface area (Å²) in [6.07, 6.45) is 1.07. The third-order valence-corrected chi connectivity index (χ3v) is 4.05. The fraction of sp³-hybridized carbons (Fsp3) is 0.143. The molecule has 0 N–H and O–H groups in total. The van der Waals surface area contributed by atoms with Crippen molar-refractivity contribution in [3.63, 3.8) is 0 Å². The molecule has 1 aliphatic heterocycles. The van der Waals surface area contributed by atoms with Crippen LogP contribution in [0, 0.1) is 0 Å². The number of halogens is 1. The average Bonchev–Trinajstić information content (AvgIpc) is 2.76. The summed E-state index contributed by atoms with van der Waals surface area (Å²) in [6, 6.07) is 6.24. The molecule has 114 valence electrons. The van der Waals surface area contributed by atoms with Gasteiger partial charge in [-0.3, -0.25) is 14.5 Å². The number of hydrogen-bond acceptors (Lipinski definition) is 5. The van der Waals surface area contributed by atoms with E-state index in [0.29, 0.717) is 10.6 Å². The molecule has 0 saturated carbocycles. The molecule has 1 aromatic rings. The fourth-order valence-electron chi connectivity index (χ4n) is 1.56. The minimum Gasteiger partial charge on any atom is -0.466 e. The highest BCUT2D eigenvalue weighted by Gasteiger charge is 2.31. The Morgan fingerprint density at radius 2 is 1.95 bits per heavy atom. The van der Waals surface area contributed by atoms with Gasteiger partial charge in [0.05, 0.1) is 12.0 Å². The Labute approximate surface area is 135 Å². The van der Waals surface area contributed by atoms with E-state index in [-0.39, 0.29) is 10.1 Å². The lowest BCUT2D eigenvalue weighted by molar-refractivity contribution is -0.135. The van der Waals surface area contributed by atoms with Crippen LogP contribution < -0.4 is 0 Å². The third kappa shape index (κ3) is 3.55. The minimum absolute atomic E-state index is 0.150. The van der Waals surface area contributed by atoms with Gasteiger partial charge >= 0.3 is 5.97 Å². The minimum atomic E-state index is -0.644. The van der Waals surface area contributed by atoms with Gasteiger partial charge in [-0.15, -0.1) is 0 Å². The second-order valence-corrected chi connectivity index (χ2v) is 5.65. The average molecular weight is 339 g/mol. The highest BCUT2D eigenvalue weighted by molar-refractivity contribution is 8.18. The molecule has 1 fully saturated rings. The molecular formula is C14H11ClN2O4S. The van der Waals surface area contributed by atoms with Gasteiger partial charge in [0.15, 0.2) is 5.17 Å². The Morgan fingerprint density at radius 3 is 2.55 bits per heavy atom. The van der Waals surface area contributed by atoms with Crippen molar-refractivity contribution in [2.45, 2.75) is 0 Å². The summed E-state index contributed by atoms with van der Waals surface area (Å²) < 4.78 is 4.47. The zero-order valence-corrected chi connectivity index (χ0v) is 13.3. The molecule has 0 aromatic heterocycles. The predicted octanol–water partition coefficient (Wildman–Crippen LogP) is 2.10. The maximum absolute atomic E-state index is 12.1. The van der Waals surface area contributed by atoms with Crippen molar-refractivity contribution < 1.29 is 19.1 Å².